The fraction of sp³-hybridized carbons (Fsp3) is 0.848. The molecule has 2 rings (SSSR count). The van der Waals surface area contributed by atoms with E-state index in [4.69, 9.17) is 23.3 Å². The average molecular weight is 759 g/mol. The first-order valence-electron chi connectivity index (χ1n) is 17.7. The van der Waals surface area contributed by atoms with Crippen molar-refractivity contribution in [2.24, 2.45) is 0 Å². The maximum Gasteiger partial charge on any atom is 0.472 e. The van der Waals surface area contributed by atoms with Gasteiger partial charge in [0.15, 0.2) is 6.29 Å². The molecule has 1 aliphatic heterocycles. The summed E-state index contributed by atoms with van der Waals surface area (Å²) in [4.78, 5) is 22.4. The SMILES string of the molecule is CCCCC/C=C\C/C=C\CCCCCCCC(=O)OC[C@@H](O)COP(=O)(O)O[C@@H]1C(O)C(O)[C@@H](O)C(O)[C@H]1O[C@H]1OC(CO)[C@@H](O)C(O)[C@H]1O. The minimum absolute atomic E-state index is 0.117. The summed E-state index contributed by atoms with van der Waals surface area (Å²) in [6.07, 6.45) is -3.17. The minimum atomic E-state index is -5.25. The van der Waals surface area contributed by atoms with Crippen molar-refractivity contribution in [3.8, 4) is 0 Å². The van der Waals surface area contributed by atoms with Crippen LogP contribution in [0.4, 0.5) is 0 Å². The van der Waals surface area contributed by atoms with Gasteiger partial charge in [0.25, 0.3) is 0 Å². The zero-order chi connectivity index (χ0) is 38.0. The van der Waals surface area contributed by atoms with Gasteiger partial charge in [-0.3, -0.25) is 13.8 Å². The molecule has 1 saturated carbocycles. The summed E-state index contributed by atoms with van der Waals surface area (Å²) in [6, 6.07) is 0. The van der Waals surface area contributed by atoms with Gasteiger partial charge >= 0.3 is 13.8 Å². The number of rotatable bonds is 24. The van der Waals surface area contributed by atoms with E-state index >= 15 is 0 Å². The fourth-order valence-corrected chi connectivity index (χ4v) is 6.52. The van der Waals surface area contributed by atoms with Crippen LogP contribution in [0.25, 0.3) is 0 Å². The molecule has 10 N–H and O–H groups in total. The molecule has 13 atom stereocenters. The van der Waals surface area contributed by atoms with Crippen LogP contribution in [0.15, 0.2) is 24.3 Å². The largest absolute Gasteiger partial charge is 0.472 e. The van der Waals surface area contributed by atoms with Gasteiger partial charge in [0.1, 0.15) is 73.8 Å². The van der Waals surface area contributed by atoms with Gasteiger partial charge in [0.05, 0.1) is 13.2 Å². The van der Waals surface area contributed by atoms with Crippen molar-refractivity contribution < 1.29 is 83.5 Å². The van der Waals surface area contributed by atoms with Crippen LogP contribution in [0.5, 0.6) is 0 Å². The van der Waals surface area contributed by atoms with Gasteiger partial charge in [0, 0.05) is 6.42 Å². The average Bonchev–Trinajstić information content (AvgIpc) is 3.11. The number of aliphatic hydroxyl groups is 9. The maximum absolute atomic E-state index is 12.7. The smallest absolute Gasteiger partial charge is 0.463 e. The second-order valence-electron chi connectivity index (χ2n) is 12.9. The number of phosphoric ester groups is 1. The molecule has 0 bridgehead atoms. The number of carbonyl (C=O) groups is 1. The van der Waals surface area contributed by atoms with Crippen LogP contribution in [0, 0.1) is 0 Å². The molecule has 0 aromatic heterocycles. The summed E-state index contributed by atoms with van der Waals surface area (Å²) >= 11 is 0. The predicted molar refractivity (Wildman–Crippen MR) is 180 cm³/mol. The number of allylic oxidation sites excluding steroid dienone is 4. The number of carbonyl (C=O) groups excluding carboxylic acids is 1. The Hall–Kier alpha value is -1.38. The van der Waals surface area contributed by atoms with Crippen molar-refractivity contribution >= 4 is 13.8 Å². The number of esters is 1. The van der Waals surface area contributed by atoms with Gasteiger partial charge in [-0.1, -0.05) is 63.3 Å². The first kappa shape index (κ1) is 45.8. The van der Waals surface area contributed by atoms with Crippen LogP contribution in [0.3, 0.4) is 0 Å². The molecule has 1 heterocycles. The van der Waals surface area contributed by atoms with E-state index in [1.807, 2.05) is 0 Å². The number of unbranched alkanes of at least 4 members (excludes halogenated alkanes) is 8. The Morgan fingerprint density at radius 1 is 0.745 bits per heavy atom. The van der Waals surface area contributed by atoms with Crippen molar-refractivity contribution in [2.45, 2.75) is 157 Å². The highest BCUT2D eigenvalue weighted by Crippen LogP contribution is 2.47. The van der Waals surface area contributed by atoms with Crippen molar-refractivity contribution in [3.05, 3.63) is 24.3 Å². The minimum Gasteiger partial charge on any atom is -0.463 e. The van der Waals surface area contributed by atoms with Crippen LogP contribution >= 0.6 is 7.82 Å². The van der Waals surface area contributed by atoms with Crippen LogP contribution in [0.1, 0.15) is 84.0 Å². The molecule has 0 radical (unpaired) electrons. The van der Waals surface area contributed by atoms with E-state index in [0.717, 1.165) is 44.9 Å². The van der Waals surface area contributed by atoms with Crippen LogP contribution in [-0.4, -0.2) is 150 Å². The van der Waals surface area contributed by atoms with E-state index in [1.165, 1.54) is 19.3 Å². The molecular weight excluding hydrogens is 699 g/mol. The molecule has 1 saturated heterocycles. The van der Waals surface area contributed by atoms with Crippen molar-refractivity contribution in [2.75, 3.05) is 19.8 Å². The lowest BCUT2D eigenvalue weighted by molar-refractivity contribution is -0.338. The van der Waals surface area contributed by atoms with E-state index in [-0.39, 0.29) is 6.42 Å². The highest BCUT2D eigenvalue weighted by Gasteiger charge is 2.55. The third-order valence-corrected chi connectivity index (χ3v) is 9.62. The van der Waals surface area contributed by atoms with Gasteiger partial charge in [-0.2, -0.15) is 0 Å². The van der Waals surface area contributed by atoms with Crippen molar-refractivity contribution in [1.29, 1.82) is 0 Å². The maximum atomic E-state index is 12.7. The van der Waals surface area contributed by atoms with Gasteiger partial charge in [-0.05, 0) is 38.5 Å². The Morgan fingerprint density at radius 3 is 1.94 bits per heavy atom. The Labute approximate surface area is 298 Å². The molecule has 0 aromatic rings. The lowest BCUT2D eigenvalue weighted by atomic mass is 9.84. The number of phosphoric acid groups is 1. The molecule has 0 spiro atoms. The molecular formula is C33H59O17P. The third-order valence-electron chi connectivity index (χ3n) is 8.64. The molecule has 51 heavy (non-hydrogen) atoms. The highest BCUT2D eigenvalue weighted by atomic mass is 31.2. The van der Waals surface area contributed by atoms with Crippen LogP contribution in [-0.2, 0) is 32.6 Å². The summed E-state index contributed by atoms with van der Waals surface area (Å²) in [5.74, 6) is -0.580. The summed E-state index contributed by atoms with van der Waals surface area (Å²) in [6.45, 7) is -0.108. The van der Waals surface area contributed by atoms with E-state index in [2.05, 4.69) is 31.2 Å². The quantitative estimate of drug-likeness (QED) is 0.0265. The number of hydrogen-bond donors (Lipinski definition) is 10. The van der Waals surface area contributed by atoms with E-state index in [9.17, 15) is 60.2 Å². The van der Waals surface area contributed by atoms with Gasteiger partial charge in [-0.15, -0.1) is 0 Å². The summed E-state index contributed by atoms with van der Waals surface area (Å²) < 4.78 is 38.0. The molecule has 298 valence electrons. The summed E-state index contributed by atoms with van der Waals surface area (Å²) in [7, 11) is -5.25. The first-order chi connectivity index (χ1) is 24.2. The normalized spacial score (nSPS) is 33.4. The number of ether oxygens (including phenoxy) is 3. The molecule has 2 aliphatic rings. The Balaban J connectivity index is 1.73. The number of aliphatic hydroxyl groups excluding tert-OH is 9. The zero-order valence-electron chi connectivity index (χ0n) is 29.1. The highest BCUT2D eigenvalue weighted by molar-refractivity contribution is 7.47. The number of hydrogen-bond acceptors (Lipinski definition) is 16. The van der Waals surface area contributed by atoms with E-state index in [0.29, 0.717) is 6.42 Å². The summed E-state index contributed by atoms with van der Waals surface area (Å²) in [5, 5.41) is 91.2. The van der Waals surface area contributed by atoms with Crippen LogP contribution < -0.4 is 0 Å². The van der Waals surface area contributed by atoms with Gasteiger partial charge in [-0.25, -0.2) is 4.57 Å². The molecule has 18 heteroatoms. The monoisotopic (exact) mass is 758 g/mol. The zero-order valence-corrected chi connectivity index (χ0v) is 30.0. The molecule has 2 fully saturated rings. The van der Waals surface area contributed by atoms with Gasteiger partial charge in [0.2, 0.25) is 0 Å². The standard InChI is InChI=1S/C33H59O17P/c1-2-3-4-5-6-7-8-9-10-11-12-13-14-15-16-17-23(36)46-19-21(35)20-47-51(44,45)50-32-29(42)27(40)26(39)28(41)31(32)49-33-30(43)25(38)24(37)22(18-34)48-33/h6-7,9-10,21-22,24-35,37-43H,2-5,8,11-20H2,1H3,(H,44,45)/b7-6-,10-9-/t21-,22?,24-,25?,26-,27?,28?,29?,30-,31-,32-,33-/m1/s1. The Bertz CT molecular complexity index is 1080. The lowest BCUT2D eigenvalue weighted by Gasteiger charge is -2.47. The predicted octanol–water partition coefficient (Wildman–Crippen LogP) is -0.151. The Morgan fingerprint density at radius 2 is 1.31 bits per heavy atom. The van der Waals surface area contributed by atoms with E-state index < -0.39 is 107 Å². The second kappa shape index (κ2) is 24.1. The van der Waals surface area contributed by atoms with Crippen molar-refractivity contribution in [1.82, 2.24) is 0 Å². The van der Waals surface area contributed by atoms with Crippen molar-refractivity contribution in [3.63, 3.8) is 0 Å². The van der Waals surface area contributed by atoms with Gasteiger partial charge < -0.3 is 65.1 Å². The first-order valence-corrected chi connectivity index (χ1v) is 19.2. The van der Waals surface area contributed by atoms with Crippen LogP contribution in [0.2, 0.25) is 0 Å². The fourth-order valence-electron chi connectivity index (χ4n) is 5.55. The summed E-state index contributed by atoms with van der Waals surface area (Å²) in [5.41, 5.74) is 0. The topological polar surface area (TPSA) is 283 Å². The molecule has 0 amide bonds. The van der Waals surface area contributed by atoms with E-state index in [1.54, 1.807) is 0 Å². The second-order valence-corrected chi connectivity index (χ2v) is 14.3. The molecule has 0 aromatic carbocycles. The molecule has 1 aliphatic carbocycles. The molecule has 6 unspecified atom stereocenters. The molecule has 17 nitrogen and oxygen atoms in total. The lowest BCUT2D eigenvalue weighted by Crippen LogP contribution is -2.67. The third kappa shape index (κ3) is 15.9. The Kier molecular flexibility index (Phi) is 21.6.